The summed E-state index contributed by atoms with van der Waals surface area (Å²) >= 11 is 0. The van der Waals surface area contributed by atoms with Gasteiger partial charge in [-0.2, -0.15) is 5.10 Å². The van der Waals surface area contributed by atoms with Crippen LogP contribution in [0.25, 0.3) is 0 Å². The lowest BCUT2D eigenvalue weighted by atomic mass is 10.0. The zero-order valence-electron chi connectivity index (χ0n) is 8.75. The lowest BCUT2D eigenvalue weighted by Gasteiger charge is -2.07. The number of aryl methyl sites for hydroxylation is 1. The SMILES string of the molecule is CC(C)c1cnn(C)c1CC1CC1. The molecule has 1 saturated carbocycles. The second-order valence-corrected chi connectivity index (χ2v) is 4.47. The summed E-state index contributed by atoms with van der Waals surface area (Å²) in [5.74, 6) is 1.57. The lowest BCUT2D eigenvalue weighted by molar-refractivity contribution is 0.666. The van der Waals surface area contributed by atoms with Crippen molar-refractivity contribution in [1.82, 2.24) is 9.78 Å². The molecule has 1 fully saturated rings. The van der Waals surface area contributed by atoms with Crippen molar-refractivity contribution in [3.63, 3.8) is 0 Å². The van der Waals surface area contributed by atoms with Gasteiger partial charge in [-0.15, -0.1) is 0 Å². The highest BCUT2D eigenvalue weighted by Gasteiger charge is 2.24. The van der Waals surface area contributed by atoms with Crippen LogP contribution in [0, 0.1) is 5.92 Å². The second kappa shape index (κ2) is 3.17. The van der Waals surface area contributed by atoms with E-state index in [-0.39, 0.29) is 0 Å². The highest BCUT2D eigenvalue weighted by atomic mass is 15.3. The van der Waals surface area contributed by atoms with E-state index in [9.17, 15) is 0 Å². The molecule has 0 atom stereocenters. The molecule has 1 heterocycles. The maximum atomic E-state index is 4.34. The number of aromatic nitrogens is 2. The van der Waals surface area contributed by atoms with Crippen molar-refractivity contribution in [2.24, 2.45) is 13.0 Å². The van der Waals surface area contributed by atoms with Crippen LogP contribution >= 0.6 is 0 Å². The second-order valence-electron chi connectivity index (χ2n) is 4.47. The standard InChI is InChI=1S/C11H18N2/c1-8(2)10-7-12-13(3)11(10)6-9-4-5-9/h7-9H,4-6H2,1-3H3. The number of hydrogen-bond donors (Lipinski definition) is 0. The fourth-order valence-corrected chi connectivity index (χ4v) is 1.81. The van der Waals surface area contributed by atoms with Crippen molar-refractivity contribution in [3.8, 4) is 0 Å². The fourth-order valence-electron chi connectivity index (χ4n) is 1.81. The maximum Gasteiger partial charge on any atom is 0.0527 e. The normalized spacial score (nSPS) is 16.9. The Morgan fingerprint density at radius 1 is 1.54 bits per heavy atom. The maximum absolute atomic E-state index is 4.34. The molecule has 0 saturated heterocycles. The summed E-state index contributed by atoms with van der Waals surface area (Å²) in [5.41, 5.74) is 2.90. The van der Waals surface area contributed by atoms with Gasteiger partial charge in [0, 0.05) is 12.7 Å². The van der Waals surface area contributed by atoms with E-state index in [1.54, 1.807) is 0 Å². The molecule has 0 aliphatic heterocycles. The molecule has 1 aromatic rings. The molecular weight excluding hydrogens is 160 g/mol. The number of nitrogens with zero attached hydrogens (tertiary/aromatic N) is 2. The molecular formula is C11H18N2. The first-order valence-electron chi connectivity index (χ1n) is 5.19. The van der Waals surface area contributed by atoms with E-state index in [0.29, 0.717) is 5.92 Å². The van der Waals surface area contributed by atoms with Gasteiger partial charge in [-0.05, 0) is 36.7 Å². The highest BCUT2D eigenvalue weighted by Crippen LogP contribution is 2.34. The van der Waals surface area contributed by atoms with Gasteiger partial charge in [0.15, 0.2) is 0 Å². The van der Waals surface area contributed by atoms with Crippen molar-refractivity contribution in [3.05, 3.63) is 17.5 Å². The Bertz CT molecular complexity index is 295. The minimum Gasteiger partial charge on any atom is -0.272 e. The van der Waals surface area contributed by atoms with E-state index in [4.69, 9.17) is 0 Å². The Balaban J connectivity index is 2.22. The molecule has 2 nitrogen and oxygen atoms in total. The van der Waals surface area contributed by atoms with Crippen molar-refractivity contribution in [1.29, 1.82) is 0 Å². The Morgan fingerprint density at radius 2 is 2.23 bits per heavy atom. The molecule has 72 valence electrons. The van der Waals surface area contributed by atoms with Crippen LogP contribution < -0.4 is 0 Å². The van der Waals surface area contributed by atoms with Crippen LogP contribution in [-0.2, 0) is 13.5 Å². The Morgan fingerprint density at radius 3 is 2.77 bits per heavy atom. The van der Waals surface area contributed by atoms with Crippen LogP contribution in [0.3, 0.4) is 0 Å². The zero-order valence-corrected chi connectivity index (χ0v) is 8.75. The summed E-state index contributed by atoms with van der Waals surface area (Å²) in [4.78, 5) is 0. The van der Waals surface area contributed by atoms with Gasteiger partial charge in [0.25, 0.3) is 0 Å². The molecule has 0 bridgehead atoms. The van der Waals surface area contributed by atoms with Crippen LogP contribution in [0.15, 0.2) is 6.20 Å². The molecule has 0 radical (unpaired) electrons. The van der Waals surface area contributed by atoms with E-state index >= 15 is 0 Å². The molecule has 0 amide bonds. The fraction of sp³-hybridized carbons (Fsp3) is 0.727. The number of hydrogen-bond acceptors (Lipinski definition) is 1. The first kappa shape index (κ1) is 8.79. The van der Waals surface area contributed by atoms with Crippen LogP contribution in [0.5, 0.6) is 0 Å². The Labute approximate surface area is 80.0 Å². The molecule has 0 spiro atoms. The summed E-state index contributed by atoms with van der Waals surface area (Å²) in [5, 5.41) is 4.34. The summed E-state index contributed by atoms with van der Waals surface area (Å²) in [6.07, 6.45) is 6.11. The summed E-state index contributed by atoms with van der Waals surface area (Å²) < 4.78 is 2.05. The van der Waals surface area contributed by atoms with E-state index in [2.05, 4.69) is 26.0 Å². The summed E-state index contributed by atoms with van der Waals surface area (Å²) in [6, 6.07) is 0. The van der Waals surface area contributed by atoms with Gasteiger partial charge in [-0.25, -0.2) is 0 Å². The average Bonchev–Trinajstić information content (AvgIpc) is 2.78. The predicted octanol–water partition coefficient (Wildman–Crippen LogP) is 2.50. The third-order valence-electron chi connectivity index (χ3n) is 2.89. The predicted molar refractivity (Wildman–Crippen MR) is 53.7 cm³/mol. The summed E-state index contributed by atoms with van der Waals surface area (Å²) in [6.45, 7) is 4.49. The molecule has 0 N–H and O–H groups in total. The third kappa shape index (κ3) is 1.77. The van der Waals surface area contributed by atoms with Gasteiger partial charge in [0.1, 0.15) is 0 Å². The van der Waals surface area contributed by atoms with Crippen molar-refractivity contribution >= 4 is 0 Å². The van der Waals surface area contributed by atoms with Gasteiger partial charge < -0.3 is 0 Å². The minimum atomic E-state index is 0.613. The molecule has 1 aliphatic carbocycles. The smallest absolute Gasteiger partial charge is 0.0527 e. The molecule has 0 unspecified atom stereocenters. The zero-order chi connectivity index (χ0) is 9.42. The number of rotatable bonds is 3. The van der Waals surface area contributed by atoms with Crippen LogP contribution in [0.4, 0.5) is 0 Å². The van der Waals surface area contributed by atoms with E-state index in [1.807, 2.05) is 10.9 Å². The third-order valence-corrected chi connectivity index (χ3v) is 2.89. The molecule has 0 aromatic carbocycles. The molecule has 1 aliphatic rings. The Hall–Kier alpha value is -0.790. The first-order valence-corrected chi connectivity index (χ1v) is 5.19. The summed E-state index contributed by atoms with van der Waals surface area (Å²) in [7, 11) is 2.06. The van der Waals surface area contributed by atoms with Crippen LogP contribution in [0.2, 0.25) is 0 Å². The van der Waals surface area contributed by atoms with Gasteiger partial charge >= 0.3 is 0 Å². The molecule has 13 heavy (non-hydrogen) atoms. The van der Waals surface area contributed by atoms with Crippen molar-refractivity contribution in [2.75, 3.05) is 0 Å². The Kier molecular flexibility index (Phi) is 2.14. The van der Waals surface area contributed by atoms with Gasteiger partial charge in [0.2, 0.25) is 0 Å². The van der Waals surface area contributed by atoms with Crippen molar-refractivity contribution in [2.45, 2.75) is 39.0 Å². The minimum absolute atomic E-state index is 0.613. The average molecular weight is 178 g/mol. The molecule has 2 rings (SSSR count). The van der Waals surface area contributed by atoms with Crippen molar-refractivity contribution < 1.29 is 0 Å². The van der Waals surface area contributed by atoms with Gasteiger partial charge in [0.05, 0.1) is 6.20 Å². The topological polar surface area (TPSA) is 17.8 Å². The highest BCUT2D eigenvalue weighted by molar-refractivity contribution is 5.22. The van der Waals surface area contributed by atoms with E-state index in [0.717, 1.165) is 5.92 Å². The van der Waals surface area contributed by atoms with Gasteiger partial charge in [-0.3, -0.25) is 4.68 Å². The lowest BCUT2D eigenvalue weighted by Crippen LogP contribution is -2.02. The van der Waals surface area contributed by atoms with Crippen LogP contribution in [0.1, 0.15) is 43.9 Å². The van der Waals surface area contributed by atoms with E-state index in [1.165, 1.54) is 30.5 Å². The monoisotopic (exact) mass is 178 g/mol. The molecule has 2 heteroatoms. The van der Waals surface area contributed by atoms with Crippen LogP contribution in [-0.4, -0.2) is 9.78 Å². The van der Waals surface area contributed by atoms with Gasteiger partial charge in [-0.1, -0.05) is 13.8 Å². The molecule has 1 aromatic heterocycles. The quantitative estimate of drug-likeness (QED) is 0.695. The van der Waals surface area contributed by atoms with E-state index < -0.39 is 0 Å². The first-order chi connectivity index (χ1) is 6.18. The largest absolute Gasteiger partial charge is 0.272 e.